The predicted molar refractivity (Wildman–Crippen MR) is 84.6 cm³/mol. The second kappa shape index (κ2) is 5.89. The molecule has 8 heteroatoms. The largest absolute Gasteiger partial charge is 0.391 e. The molecule has 1 aliphatic rings. The van der Waals surface area contributed by atoms with Gasteiger partial charge in [-0.3, -0.25) is 4.79 Å². The number of aromatic amines is 1. The lowest BCUT2D eigenvalue weighted by Crippen LogP contribution is -2.32. The van der Waals surface area contributed by atoms with E-state index in [1.165, 1.54) is 4.90 Å². The van der Waals surface area contributed by atoms with Crippen LogP contribution in [0.25, 0.3) is 11.0 Å². The highest BCUT2D eigenvalue weighted by Gasteiger charge is 2.37. The van der Waals surface area contributed by atoms with Gasteiger partial charge in [0.1, 0.15) is 22.7 Å². The van der Waals surface area contributed by atoms with Gasteiger partial charge in [-0.2, -0.15) is 15.4 Å². The molecule has 1 aromatic heterocycles. The van der Waals surface area contributed by atoms with E-state index in [9.17, 15) is 18.7 Å². The monoisotopic (exact) mass is 344 g/mol. The summed E-state index contributed by atoms with van der Waals surface area (Å²) in [6.07, 6.45) is -0.648. The van der Waals surface area contributed by atoms with Crippen LogP contribution in [0.5, 0.6) is 0 Å². The molecule has 128 valence electrons. The molecule has 1 amide bonds. The van der Waals surface area contributed by atoms with Gasteiger partial charge in [-0.15, -0.1) is 0 Å². The number of halogens is 2. The maximum absolute atomic E-state index is 14.1. The minimum atomic E-state index is -0.799. The third kappa shape index (κ3) is 2.74. The number of H-pyrrole nitrogens is 1. The summed E-state index contributed by atoms with van der Waals surface area (Å²) in [6, 6.07) is 7.21. The maximum atomic E-state index is 14.1. The number of nitrogens with zero attached hydrogens (tertiary/aromatic N) is 3. The molecule has 0 unspecified atom stereocenters. The van der Waals surface area contributed by atoms with E-state index in [-0.39, 0.29) is 24.4 Å². The van der Waals surface area contributed by atoms with E-state index < -0.39 is 23.8 Å². The number of aliphatic hydroxyl groups excluding tert-OH is 1. The van der Waals surface area contributed by atoms with Crippen molar-refractivity contribution in [2.24, 2.45) is 0 Å². The van der Waals surface area contributed by atoms with Gasteiger partial charge >= 0.3 is 0 Å². The number of hydrogen-bond donors (Lipinski definition) is 2. The molecule has 0 radical (unpaired) electrons. The number of likely N-dealkylation sites (tertiary alicyclic amines) is 1. The second-order valence-electron chi connectivity index (χ2n) is 6.06. The van der Waals surface area contributed by atoms with Crippen LogP contribution in [0.4, 0.5) is 8.78 Å². The molecule has 0 bridgehead atoms. The second-order valence-corrected chi connectivity index (χ2v) is 6.06. The number of fused-ring (bicyclic) bond motifs is 1. The number of nitrogens with one attached hydrogen (secondary N) is 1. The van der Waals surface area contributed by atoms with Crippen molar-refractivity contribution in [2.75, 3.05) is 6.54 Å². The zero-order chi connectivity index (χ0) is 17.6. The Morgan fingerprint density at radius 2 is 1.96 bits per heavy atom. The molecule has 1 saturated heterocycles. The first-order valence-electron chi connectivity index (χ1n) is 7.77. The summed E-state index contributed by atoms with van der Waals surface area (Å²) in [4.78, 5) is 14.2. The molecule has 3 aromatic rings. The summed E-state index contributed by atoms with van der Waals surface area (Å²) < 4.78 is 27.7. The van der Waals surface area contributed by atoms with E-state index in [4.69, 9.17) is 0 Å². The van der Waals surface area contributed by atoms with Gasteiger partial charge in [0, 0.05) is 17.7 Å². The van der Waals surface area contributed by atoms with Crippen LogP contribution >= 0.6 is 0 Å². The molecule has 0 spiro atoms. The van der Waals surface area contributed by atoms with Crippen molar-refractivity contribution in [2.45, 2.75) is 18.6 Å². The number of hydrogen-bond acceptors (Lipinski definition) is 4. The van der Waals surface area contributed by atoms with Crippen molar-refractivity contribution in [3.05, 3.63) is 59.2 Å². The quantitative estimate of drug-likeness (QED) is 0.747. The fraction of sp³-hybridized carbons (Fsp3) is 0.235. The minimum Gasteiger partial charge on any atom is -0.391 e. The lowest BCUT2D eigenvalue weighted by Gasteiger charge is -2.25. The van der Waals surface area contributed by atoms with E-state index in [0.29, 0.717) is 16.6 Å². The van der Waals surface area contributed by atoms with Crippen LogP contribution in [-0.4, -0.2) is 44.0 Å². The summed E-state index contributed by atoms with van der Waals surface area (Å²) in [7, 11) is 0. The van der Waals surface area contributed by atoms with Gasteiger partial charge in [0.25, 0.3) is 5.91 Å². The normalized spacial score (nSPS) is 20.4. The molecule has 2 heterocycles. The Morgan fingerprint density at radius 3 is 2.80 bits per heavy atom. The van der Waals surface area contributed by atoms with E-state index in [1.54, 1.807) is 18.2 Å². The number of rotatable bonds is 2. The molecule has 1 fully saturated rings. The van der Waals surface area contributed by atoms with Gasteiger partial charge < -0.3 is 10.0 Å². The van der Waals surface area contributed by atoms with Gasteiger partial charge in [0.2, 0.25) is 0 Å². The Hall–Kier alpha value is -2.87. The number of β-amino-alcohol motifs (C(OH)–C–C–N with tert-alkyl or cyclic N) is 1. The van der Waals surface area contributed by atoms with Crippen molar-refractivity contribution < 1.29 is 18.7 Å². The number of amides is 1. The number of carbonyl (C=O) groups excluding carboxylic acids is 1. The fourth-order valence-electron chi connectivity index (χ4n) is 3.24. The highest BCUT2D eigenvalue weighted by atomic mass is 19.1. The molecule has 25 heavy (non-hydrogen) atoms. The van der Waals surface area contributed by atoms with Gasteiger partial charge in [0.05, 0.1) is 12.1 Å². The predicted octanol–water partition coefficient (Wildman–Crippen LogP) is 2.18. The van der Waals surface area contributed by atoms with Crippen molar-refractivity contribution in [3.8, 4) is 0 Å². The summed E-state index contributed by atoms with van der Waals surface area (Å²) in [5.74, 6) is -1.57. The summed E-state index contributed by atoms with van der Waals surface area (Å²) in [5.41, 5.74) is 1.55. The Balaban J connectivity index is 1.71. The molecular formula is C17H14F2N4O2. The lowest BCUT2D eigenvalue weighted by atomic mass is 10.0. The van der Waals surface area contributed by atoms with Crippen molar-refractivity contribution in [1.82, 2.24) is 20.3 Å². The smallest absolute Gasteiger partial charge is 0.254 e. The Labute approximate surface area is 141 Å². The molecule has 4 rings (SSSR count). The highest BCUT2D eigenvalue weighted by Crippen LogP contribution is 2.35. The Morgan fingerprint density at radius 1 is 1.16 bits per heavy atom. The zero-order valence-electron chi connectivity index (χ0n) is 13.0. The summed E-state index contributed by atoms with van der Waals surface area (Å²) in [6.45, 7) is 0.0519. The first-order valence-corrected chi connectivity index (χ1v) is 7.77. The van der Waals surface area contributed by atoms with Crippen LogP contribution in [0.15, 0.2) is 36.4 Å². The molecular weight excluding hydrogens is 330 g/mol. The van der Waals surface area contributed by atoms with E-state index >= 15 is 0 Å². The fourth-order valence-corrected chi connectivity index (χ4v) is 3.24. The van der Waals surface area contributed by atoms with Gasteiger partial charge in [-0.1, -0.05) is 0 Å². The first kappa shape index (κ1) is 15.6. The first-order chi connectivity index (χ1) is 12.0. The number of carbonyl (C=O) groups is 1. The zero-order valence-corrected chi connectivity index (χ0v) is 13.0. The van der Waals surface area contributed by atoms with E-state index in [1.807, 2.05) is 0 Å². The molecule has 0 saturated carbocycles. The highest BCUT2D eigenvalue weighted by molar-refractivity contribution is 5.97. The maximum Gasteiger partial charge on any atom is 0.254 e. The van der Waals surface area contributed by atoms with Crippen molar-refractivity contribution in [1.29, 1.82) is 0 Å². The van der Waals surface area contributed by atoms with Crippen LogP contribution in [0.2, 0.25) is 0 Å². The molecule has 2 atom stereocenters. The lowest BCUT2D eigenvalue weighted by molar-refractivity contribution is 0.0714. The van der Waals surface area contributed by atoms with Crippen LogP contribution in [-0.2, 0) is 0 Å². The number of benzene rings is 2. The van der Waals surface area contributed by atoms with Crippen LogP contribution in [0, 0.1) is 11.6 Å². The molecule has 2 aromatic carbocycles. The van der Waals surface area contributed by atoms with Crippen molar-refractivity contribution >= 4 is 16.9 Å². The van der Waals surface area contributed by atoms with Crippen LogP contribution in [0.1, 0.15) is 28.4 Å². The summed E-state index contributed by atoms with van der Waals surface area (Å²) in [5, 5.41) is 20.3. The van der Waals surface area contributed by atoms with Gasteiger partial charge in [-0.05, 0) is 42.8 Å². The molecule has 6 nitrogen and oxygen atoms in total. The molecule has 1 aliphatic heterocycles. The number of aromatic nitrogens is 3. The van der Waals surface area contributed by atoms with Crippen LogP contribution < -0.4 is 0 Å². The van der Waals surface area contributed by atoms with Gasteiger partial charge in [-0.25, -0.2) is 8.78 Å². The standard InChI is InChI=1S/C17H14F2N4O2/c18-10-2-3-13(19)12(6-10)16-7-11(24)8-23(16)17(25)9-1-4-14-15(5-9)21-22-20-14/h1-6,11,16,24H,7-8H2,(H,20,21,22)/t11-,16+/m1/s1. The molecule has 0 aliphatic carbocycles. The van der Waals surface area contributed by atoms with Crippen LogP contribution in [0.3, 0.4) is 0 Å². The SMILES string of the molecule is O=C(c1ccc2n[nH]nc2c1)N1C[C@H](O)C[C@H]1c1cc(F)ccc1F. The Bertz CT molecular complexity index is 959. The summed E-state index contributed by atoms with van der Waals surface area (Å²) >= 11 is 0. The van der Waals surface area contributed by atoms with E-state index in [0.717, 1.165) is 18.2 Å². The number of aliphatic hydroxyl groups is 1. The molecule has 2 N–H and O–H groups in total. The van der Waals surface area contributed by atoms with E-state index in [2.05, 4.69) is 15.4 Å². The van der Waals surface area contributed by atoms with Crippen molar-refractivity contribution in [3.63, 3.8) is 0 Å². The third-order valence-corrected chi connectivity index (χ3v) is 4.42. The minimum absolute atomic E-state index is 0.0519. The average molecular weight is 344 g/mol. The Kier molecular flexibility index (Phi) is 3.69. The topological polar surface area (TPSA) is 82.1 Å². The third-order valence-electron chi connectivity index (χ3n) is 4.42. The average Bonchev–Trinajstić information content (AvgIpc) is 3.22. The van der Waals surface area contributed by atoms with Gasteiger partial charge in [0.15, 0.2) is 0 Å².